The van der Waals surface area contributed by atoms with Crippen molar-refractivity contribution in [2.24, 2.45) is 0 Å². The Morgan fingerprint density at radius 3 is 3.06 bits per heavy atom. The van der Waals surface area contributed by atoms with Crippen LogP contribution in [0, 0.1) is 6.92 Å². The van der Waals surface area contributed by atoms with Gasteiger partial charge >= 0.3 is 0 Å². The summed E-state index contributed by atoms with van der Waals surface area (Å²) in [5.74, 6) is 0. The molecule has 1 N–H and O–H groups in total. The molecule has 3 nitrogen and oxygen atoms in total. The summed E-state index contributed by atoms with van der Waals surface area (Å²) >= 11 is 1.74. The van der Waals surface area contributed by atoms with Crippen LogP contribution in [-0.2, 0) is 13.1 Å². The first-order chi connectivity index (χ1) is 7.74. The zero-order valence-corrected chi connectivity index (χ0v) is 10.5. The summed E-state index contributed by atoms with van der Waals surface area (Å²) in [5.41, 5.74) is 2.57. The number of rotatable bonds is 5. The molecule has 0 fully saturated rings. The Bertz CT molecular complexity index is 419. The highest BCUT2D eigenvalue weighted by atomic mass is 32.1. The van der Waals surface area contributed by atoms with E-state index in [1.54, 1.807) is 11.3 Å². The largest absolute Gasteiger partial charge is 0.308 e. The normalized spacial score (nSPS) is 12.9. The van der Waals surface area contributed by atoms with Crippen molar-refractivity contribution < 1.29 is 0 Å². The molecule has 2 rings (SSSR count). The van der Waals surface area contributed by atoms with Crippen LogP contribution in [0.1, 0.15) is 18.1 Å². The van der Waals surface area contributed by atoms with Crippen LogP contribution in [0.2, 0.25) is 0 Å². The molecule has 0 aliphatic heterocycles. The summed E-state index contributed by atoms with van der Waals surface area (Å²) in [6, 6.07) is 2.59. The molecule has 0 amide bonds. The number of hydrogen-bond acceptors (Lipinski definition) is 3. The predicted octanol–water partition coefficient (Wildman–Crippen LogP) is 2.43. The van der Waals surface area contributed by atoms with E-state index in [1.165, 1.54) is 11.1 Å². The molecule has 0 aromatic carbocycles. The van der Waals surface area contributed by atoms with Crippen LogP contribution < -0.4 is 5.32 Å². The molecule has 2 aromatic rings. The summed E-state index contributed by atoms with van der Waals surface area (Å²) in [6.45, 7) is 6.10. The Balaban J connectivity index is 1.78. The molecule has 0 aliphatic carbocycles. The summed E-state index contributed by atoms with van der Waals surface area (Å²) in [6.07, 6.45) is 3.97. The maximum atomic E-state index is 4.28. The average molecular weight is 235 g/mol. The van der Waals surface area contributed by atoms with Crippen molar-refractivity contribution in [1.82, 2.24) is 15.1 Å². The molecule has 0 saturated heterocycles. The molecule has 16 heavy (non-hydrogen) atoms. The highest BCUT2D eigenvalue weighted by Crippen LogP contribution is 2.05. The fourth-order valence-corrected chi connectivity index (χ4v) is 2.27. The minimum Gasteiger partial charge on any atom is -0.308 e. The predicted molar refractivity (Wildman–Crippen MR) is 67.6 cm³/mol. The van der Waals surface area contributed by atoms with Gasteiger partial charge in [0.05, 0.1) is 12.7 Å². The van der Waals surface area contributed by atoms with Crippen molar-refractivity contribution in [3.05, 3.63) is 40.3 Å². The van der Waals surface area contributed by atoms with Gasteiger partial charge in [-0.25, -0.2) is 0 Å². The summed E-state index contributed by atoms with van der Waals surface area (Å²) in [4.78, 5) is 0. The van der Waals surface area contributed by atoms with Gasteiger partial charge in [-0.2, -0.15) is 16.4 Å². The molecule has 1 atom stereocenters. The van der Waals surface area contributed by atoms with E-state index >= 15 is 0 Å². The van der Waals surface area contributed by atoms with E-state index in [0.29, 0.717) is 6.04 Å². The van der Waals surface area contributed by atoms with Gasteiger partial charge in [0.25, 0.3) is 0 Å². The summed E-state index contributed by atoms with van der Waals surface area (Å²) in [7, 11) is 0. The highest BCUT2D eigenvalue weighted by molar-refractivity contribution is 7.07. The van der Waals surface area contributed by atoms with E-state index in [1.807, 2.05) is 10.9 Å². The fourth-order valence-electron chi connectivity index (χ4n) is 1.60. The molecule has 86 valence electrons. The standard InChI is InChI=1S/C12H17N3S/c1-10-5-14-15(7-10)8-11(2)13-6-12-3-4-16-9-12/h3-5,7,9,11,13H,6,8H2,1-2H3. The molecule has 2 aromatic heterocycles. The van der Waals surface area contributed by atoms with Crippen molar-refractivity contribution in [3.8, 4) is 0 Å². The van der Waals surface area contributed by atoms with Crippen molar-refractivity contribution >= 4 is 11.3 Å². The van der Waals surface area contributed by atoms with Crippen LogP contribution in [0.25, 0.3) is 0 Å². The number of nitrogens with one attached hydrogen (secondary N) is 1. The first kappa shape index (κ1) is 11.4. The Kier molecular flexibility index (Phi) is 3.74. The van der Waals surface area contributed by atoms with E-state index in [-0.39, 0.29) is 0 Å². The average Bonchev–Trinajstić information content (AvgIpc) is 2.87. The van der Waals surface area contributed by atoms with Crippen molar-refractivity contribution in [2.75, 3.05) is 0 Å². The van der Waals surface area contributed by atoms with Crippen LogP contribution >= 0.6 is 11.3 Å². The Hall–Kier alpha value is -1.13. The zero-order valence-electron chi connectivity index (χ0n) is 9.68. The molecule has 0 bridgehead atoms. The second kappa shape index (κ2) is 5.27. The van der Waals surface area contributed by atoms with Crippen LogP contribution in [0.3, 0.4) is 0 Å². The van der Waals surface area contributed by atoms with Crippen LogP contribution in [-0.4, -0.2) is 15.8 Å². The van der Waals surface area contributed by atoms with Gasteiger partial charge in [-0.1, -0.05) is 0 Å². The first-order valence-corrected chi connectivity index (χ1v) is 6.42. The lowest BCUT2D eigenvalue weighted by Crippen LogP contribution is -2.29. The van der Waals surface area contributed by atoms with E-state index in [2.05, 4.69) is 47.3 Å². The highest BCUT2D eigenvalue weighted by Gasteiger charge is 2.03. The number of aromatic nitrogens is 2. The van der Waals surface area contributed by atoms with E-state index in [4.69, 9.17) is 0 Å². The van der Waals surface area contributed by atoms with Crippen LogP contribution in [0.4, 0.5) is 0 Å². The Morgan fingerprint density at radius 2 is 2.44 bits per heavy atom. The van der Waals surface area contributed by atoms with Crippen LogP contribution in [0.15, 0.2) is 29.2 Å². The van der Waals surface area contributed by atoms with Gasteiger partial charge in [0.2, 0.25) is 0 Å². The molecule has 0 saturated carbocycles. The second-order valence-corrected chi connectivity index (χ2v) is 4.93. The minimum atomic E-state index is 0.430. The molecule has 4 heteroatoms. The van der Waals surface area contributed by atoms with E-state index in [0.717, 1.165) is 13.1 Å². The molecule has 0 spiro atoms. The number of aryl methyl sites for hydroxylation is 1. The summed E-state index contributed by atoms with van der Waals surface area (Å²) in [5, 5.41) is 12.1. The number of nitrogens with zero attached hydrogens (tertiary/aromatic N) is 2. The lowest BCUT2D eigenvalue weighted by atomic mass is 10.3. The zero-order chi connectivity index (χ0) is 11.4. The Morgan fingerprint density at radius 1 is 1.56 bits per heavy atom. The van der Waals surface area contributed by atoms with Gasteiger partial charge in [-0.05, 0) is 41.8 Å². The van der Waals surface area contributed by atoms with Gasteiger partial charge in [0.1, 0.15) is 0 Å². The van der Waals surface area contributed by atoms with E-state index in [9.17, 15) is 0 Å². The maximum absolute atomic E-state index is 4.28. The van der Waals surface area contributed by atoms with Crippen molar-refractivity contribution in [1.29, 1.82) is 0 Å². The molecule has 0 aliphatic rings. The van der Waals surface area contributed by atoms with Gasteiger partial charge in [-0.3, -0.25) is 4.68 Å². The number of thiophene rings is 1. The van der Waals surface area contributed by atoms with Crippen molar-refractivity contribution in [3.63, 3.8) is 0 Å². The maximum Gasteiger partial charge on any atom is 0.0560 e. The van der Waals surface area contributed by atoms with Crippen molar-refractivity contribution in [2.45, 2.75) is 33.0 Å². The quantitative estimate of drug-likeness (QED) is 0.862. The summed E-state index contributed by atoms with van der Waals surface area (Å²) < 4.78 is 1.99. The molecular weight excluding hydrogens is 218 g/mol. The van der Waals surface area contributed by atoms with E-state index < -0.39 is 0 Å². The second-order valence-electron chi connectivity index (χ2n) is 4.15. The van der Waals surface area contributed by atoms with Gasteiger partial charge < -0.3 is 5.32 Å². The third kappa shape index (κ3) is 3.18. The topological polar surface area (TPSA) is 29.9 Å². The lowest BCUT2D eigenvalue weighted by molar-refractivity contribution is 0.451. The van der Waals surface area contributed by atoms with Gasteiger partial charge in [0.15, 0.2) is 0 Å². The molecule has 1 unspecified atom stereocenters. The molecular formula is C12H17N3S. The SMILES string of the molecule is Cc1cnn(CC(C)NCc2ccsc2)c1. The van der Waals surface area contributed by atoms with Crippen LogP contribution in [0.5, 0.6) is 0 Å². The lowest BCUT2D eigenvalue weighted by Gasteiger charge is -2.13. The number of hydrogen-bond donors (Lipinski definition) is 1. The third-order valence-corrected chi connectivity index (χ3v) is 3.19. The minimum absolute atomic E-state index is 0.430. The first-order valence-electron chi connectivity index (χ1n) is 5.47. The van der Waals surface area contributed by atoms with Gasteiger partial charge in [0, 0.05) is 18.8 Å². The monoisotopic (exact) mass is 235 g/mol. The van der Waals surface area contributed by atoms with Gasteiger partial charge in [-0.15, -0.1) is 0 Å². The fraction of sp³-hybridized carbons (Fsp3) is 0.417. The smallest absolute Gasteiger partial charge is 0.0560 e. The Labute approximate surface area is 100 Å². The molecule has 2 heterocycles. The third-order valence-electron chi connectivity index (χ3n) is 2.46. The molecule has 0 radical (unpaired) electrons.